The standard InChI is InChI=1S/C24H29N3O/c1-19-7-6-9-22(20(19)2)27-12-11-21(18-27)17-25-13-15-26(16-14-25)23-8-4-5-10-24(23)28-3/h4-12,18H,13-17H2,1-3H3. The van der Waals surface area contributed by atoms with Gasteiger partial charge >= 0.3 is 0 Å². The fraction of sp³-hybridized carbons (Fsp3) is 0.333. The maximum atomic E-state index is 5.53. The summed E-state index contributed by atoms with van der Waals surface area (Å²) in [5, 5.41) is 0. The van der Waals surface area contributed by atoms with Crippen molar-refractivity contribution in [1.29, 1.82) is 0 Å². The van der Waals surface area contributed by atoms with Crippen molar-refractivity contribution in [1.82, 2.24) is 9.47 Å². The molecule has 28 heavy (non-hydrogen) atoms. The number of aryl methyl sites for hydroxylation is 1. The van der Waals surface area contributed by atoms with Crippen LogP contribution in [-0.4, -0.2) is 42.8 Å². The Morgan fingerprint density at radius 2 is 1.61 bits per heavy atom. The average molecular weight is 376 g/mol. The molecule has 1 saturated heterocycles. The molecule has 0 N–H and O–H groups in total. The van der Waals surface area contributed by atoms with Crippen LogP contribution in [0.3, 0.4) is 0 Å². The van der Waals surface area contributed by atoms with E-state index in [9.17, 15) is 0 Å². The van der Waals surface area contributed by atoms with Gasteiger partial charge in [0.1, 0.15) is 5.75 Å². The molecule has 2 heterocycles. The Balaban J connectivity index is 1.39. The van der Waals surface area contributed by atoms with Crippen molar-refractivity contribution in [2.45, 2.75) is 20.4 Å². The minimum atomic E-state index is 0.960. The lowest BCUT2D eigenvalue weighted by Crippen LogP contribution is -2.46. The average Bonchev–Trinajstić information content (AvgIpc) is 3.19. The van der Waals surface area contributed by atoms with Crippen LogP contribution in [0.15, 0.2) is 60.9 Å². The molecule has 1 fully saturated rings. The third-order valence-electron chi connectivity index (χ3n) is 5.81. The summed E-state index contributed by atoms with van der Waals surface area (Å²) < 4.78 is 7.78. The Hall–Kier alpha value is -2.72. The summed E-state index contributed by atoms with van der Waals surface area (Å²) in [4.78, 5) is 4.96. The molecular weight excluding hydrogens is 346 g/mol. The molecule has 0 atom stereocenters. The largest absolute Gasteiger partial charge is 0.495 e. The van der Waals surface area contributed by atoms with Crippen LogP contribution in [0.4, 0.5) is 5.69 Å². The zero-order chi connectivity index (χ0) is 19.5. The number of hydrogen-bond acceptors (Lipinski definition) is 3. The minimum absolute atomic E-state index is 0.960. The van der Waals surface area contributed by atoms with Gasteiger partial charge in [-0.2, -0.15) is 0 Å². The summed E-state index contributed by atoms with van der Waals surface area (Å²) in [7, 11) is 1.75. The number of nitrogens with zero attached hydrogens (tertiary/aromatic N) is 3. The molecule has 3 aromatic rings. The fourth-order valence-electron chi connectivity index (χ4n) is 4.00. The Labute approximate surface area is 168 Å². The van der Waals surface area contributed by atoms with Crippen molar-refractivity contribution in [2.24, 2.45) is 0 Å². The summed E-state index contributed by atoms with van der Waals surface area (Å²) in [6, 6.07) is 17.0. The van der Waals surface area contributed by atoms with E-state index in [4.69, 9.17) is 4.74 Å². The van der Waals surface area contributed by atoms with Crippen LogP contribution in [0.25, 0.3) is 5.69 Å². The highest BCUT2D eigenvalue weighted by molar-refractivity contribution is 5.58. The number of aromatic nitrogens is 1. The fourth-order valence-corrected chi connectivity index (χ4v) is 4.00. The van der Waals surface area contributed by atoms with E-state index in [2.05, 4.69) is 77.0 Å². The maximum Gasteiger partial charge on any atom is 0.142 e. The Morgan fingerprint density at radius 1 is 0.857 bits per heavy atom. The topological polar surface area (TPSA) is 20.6 Å². The van der Waals surface area contributed by atoms with Gasteiger partial charge in [-0.15, -0.1) is 0 Å². The summed E-state index contributed by atoms with van der Waals surface area (Å²) >= 11 is 0. The van der Waals surface area contributed by atoms with Gasteiger partial charge in [0, 0.05) is 50.8 Å². The number of para-hydroxylation sites is 2. The first-order valence-corrected chi connectivity index (χ1v) is 9.99. The number of anilines is 1. The van der Waals surface area contributed by atoms with E-state index < -0.39 is 0 Å². The van der Waals surface area contributed by atoms with Gasteiger partial charge in [0.15, 0.2) is 0 Å². The lowest BCUT2D eigenvalue weighted by atomic mass is 10.1. The molecule has 1 aromatic heterocycles. The van der Waals surface area contributed by atoms with Gasteiger partial charge in [-0.3, -0.25) is 4.90 Å². The van der Waals surface area contributed by atoms with Gasteiger partial charge in [-0.05, 0) is 54.8 Å². The molecule has 4 heteroatoms. The normalized spacial score (nSPS) is 15.0. The van der Waals surface area contributed by atoms with Gasteiger partial charge < -0.3 is 14.2 Å². The minimum Gasteiger partial charge on any atom is -0.495 e. The smallest absolute Gasteiger partial charge is 0.142 e. The first kappa shape index (κ1) is 18.6. The highest BCUT2D eigenvalue weighted by Crippen LogP contribution is 2.28. The molecular formula is C24H29N3O. The molecule has 0 amide bonds. The van der Waals surface area contributed by atoms with Crippen molar-refractivity contribution in [2.75, 3.05) is 38.2 Å². The van der Waals surface area contributed by atoms with Crippen molar-refractivity contribution < 1.29 is 4.74 Å². The predicted molar refractivity (Wildman–Crippen MR) is 116 cm³/mol. The SMILES string of the molecule is COc1ccccc1N1CCN(Cc2ccn(-c3cccc(C)c3C)c2)CC1. The molecule has 1 aliphatic heterocycles. The lowest BCUT2D eigenvalue weighted by molar-refractivity contribution is 0.249. The highest BCUT2D eigenvalue weighted by Gasteiger charge is 2.19. The molecule has 0 radical (unpaired) electrons. The summed E-state index contributed by atoms with van der Waals surface area (Å²) in [6.07, 6.45) is 4.45. The van der Waals surface area contributed by atoms with Crippen LogP contribution in [0, 0.1) is 13.8 Å². The number of benzene rings is 2. The van der Waals surface area contributed by atoms with Gasteiger partial charge in [-0.1, -0.05) is 24.3 Å². The van der Waals surface area contributed by atoms with Crippen LogP contribution in [0.2, 0.25) is 0 Å². The Kier molecular flexibility index (Phi) is 5.40. The Morgan fingerprint density at radius 3 is 2.39 bits per heavy atom. The van der Waals surface area contributed by atoms with E-state index in [-0.39, 0.29) is 0 Å². The highest BCUT2D eigenvalue weighted by atomic mass is 16.5. The van der Waals surface area contributed by atoms with E-state index in [0.717, 1.165) is 38.5 Å². The van der Waals surface area contributed by atoms with Gasteiger partial charge in [0.25, 0.3) is 0 Å². The second-order valence-electron chi connectivity index (χ2n) is 7.58. The molecule has 0 aliphatic carbocycles. The maximum absolute atomic E-state index is 5.53. The molecule has 2 aromatic carbocycles. The van der Waals surface area contributed by atoms with E-state index in [1.807, 2.05) is 12.1 Å². The first-order chi connectivity index (χ1) is 13.7. The number of piperazine rings is 1. The molecule has 0 bridgehead atoms. The van der Waals surface area contributed by atoms with Gasteiger partial charge in [0.05, 0.1) is 12.8 Å². The quantitative estimate of drug-likeness (QED) is 0.658. The van der Waals surface area contributed by atoms with Crippen molar-refractivity contribution in [3.8, 4) is 11.4 Å². The number of rotatable bonds is 5. The summed E-state index contributed by atoms with van der Waals surface area (Å²) in [5.74, 6) is 0.960. The summed E-state index contributed by atoms with van der Waals surface area (Å²) in [6.45, 7) is 9.54. The number of hydrogen-bond donors (Lipinski definition) is 0. The third-order valence-corrected chi connectivity index (χ3v) is 5.81. The molecule has 0 saturated carbocycles. The number of methoxy groups -OCH3 is 1. The zero-order valence-electron chi connectivity index (χ0n) is 17.1. The molecule has 146 valence electrons. The third kappa shape index (κ3) is 3.78. The van der Waals surface area contributed by atoms with Crippen molar-refractivity contribution in [3.63, 3.8) is 0 Å². The van der Waals surface area contributed by atoms with Gasteiger partial charge in [0.2, 0.25) is 0 Å². The van der Waals surface area contributed by atoms with Crippen LogP contribution in [-0.2, 0) is 6.54 Å². The van der Waals surface area contributed by atoms with Crippen LogP contribution >= 0.6 is 0 Å². The van der Waals surface area contributed by atoms with Crippen molar-refractivity contribution >= 4 is 5.69 Å². The number of ether oxygens (including phenoxy) is 1. The molecule has 4 rings (SSSR count). The van der Waals surface area contributed by atoms with E-state index >= 15 is 0 Å². The van der Waals surface area contributed by atoms with Crippen molar-refractivity contribution in [3.05, 3.63) is 77.6 Å². The molecule has 0 unspecified atom stereocenters. The van der Waals surface area contributed by atoms with Gasteiger partial charge in [-0.25, -0.2) is 0 Å². The van der Waals surface area contributed by atoms with E-state index in [1.54, 1.807) is 7.11 Å². The zero-order valence-corrected chi connectivity index (χ0v) is 17.1. The monoisotopic (exact) mass is 375 g/mol. The lowest BCUT2D eigenvalue weighted by Gasteiger charge is -2.36. The first-order valence-electron chi connectivity index (χ1n) is 9.99. The second-order valence-corrected chi connectivity index (χ2v) is 7.58. The van der Waals surface area contributed by atoms with Crippen LogP contribution in [0.5, 0.6) is 5.75 Å². The van der Waals surface area contributed by atoms with Crippen LogP contribution < -0.4 is 9.64 Å². The second kappa shape index (κ2) is 8.11. The molecule has 1 aliphatic rings. The molecule has 0 spiro atoms. The van der Waals surface area contributed by atoms with E-state index in [0.29, 0.717) is 0 Å². The summed E-state index contributed by atoms with van der Waals surface area (Å²) in [5.41, 5.74) is 6.51. The van der Waals surface area contributed by atoms with Crippen LogP contribution in [0.1, 0.15) is 16.7 Å². The predicted octanol–water partition coefficient (Wildman–Crippen LogP) is 4.42. The Bertz CT molecular complexity index is 939. The molecule has 4 nitrogen and oxygen atoms in total. The van der Waals surface area contributed by atoms with E-state index in [1.165, 1.54) is 28.1 Å².